The molecule has 0 bridgehead atoms. The van der Waals surface area contributed by atoms with Gasteiger partial charge in [-0.1, -0.05) is 55.8 Å². The van der Waals surface area contributed by atoms with Gasteiger partial charge in [-0.3, -0.25) is 9.59 Å². The number of carbonyl (C=O) groups excluding carboxylic acids is 2. The van der Waals surface area contributed by atoms with Gasteiger partial charge in [-0.05, 0) is 41.5 Å². The first-order valence-corrected chi connectivity index (χ1v) is 9.38. The van der Waals surface area contributed by atoms with E-state index in [1.807, 2.05) is 49.4 Å². The number of fused-ring (bicyclic) bond motifs is 1. The molecule has 0 heterocycles. The van der Waals surface area contributed by atoms with Gasteiger partial charge in [0.1, 0.15) is 0 Å². The zero-order valence-electron chi connectivity index (χ0n) is 15.8. The van der Waals surface area contributed by atoms with Crippen molar-refractivity contribution < 1.29 is 9.59 Å². The molecule has 5 nitrogen and oxygen atoms in total. The third-order valence-corrected chi connectivity index (χ3v) is 4.38. The number of hydrazone groups is 1. The van der Waals surface area contributed by atoms with Crippen LogP contribution in [0.5, 0.6) is 0 Å². The van der Waals surface area contributed by atoms with Crippen LogP contribution in [0.4, 0.5) is 5.69 Å². The monoisotopic (exact) mass is 373 g/mol. The predicted octanol–water partition coefficient (Wildman–Crippen LogP) is 4.73. The van der Waals surface area contributed by atoms with Crippen LogP contribution in [-0.2, 0) is 4.79 Å². The number of hydrogen-bond donors (Lipinski definition) is 2. The first-order chi connectivity index (χ1) is 13.7. The van der Waals surface area contributed by atoms with E-state index in [2.05, 4.69) is 15.8 Å². The van der Waals surface area contributed by atoms with Crippen LogP contribution in [-0.4, -0.2) is 18.0 Å². The Labute approximate surface area is 164 Å². The van der Waals surface area contributed by atoms with Crippen LogP contribution in [0, 0.1) is 0 Å². The molecule has 3 rings (SSSR count). The average molecular weight is 373 g/mol. The summed E-state index contributed by atoms with van der Waals surface area (Å²) in [5.74, 6) is -0.320. The summed E-state index contributed by atoms with van der Waals surface area (Å²) >= 11 is 0. The number of carbonyl (C=O) groups is 2. The van der Waals surface area contributed by atoms with Crippen LogP contribution in [0.1, 0.15) is 42.1 Å². The highest BCUT2D eigenvalue weighted by Gasteiger charge is 2.06. The Morgan fingerprint density at radius 2 is 1.71 bits per heavy atom. The second-order valence-electron chi connectivity index (χ2n) is 6.50. The molecule has 0 saturated carbocycles. The van der Waals surface area contributed by atoms with Gasteiger partial charge in [-0.15, -0.1) is 0 Å². The van der Waals surface area contributed by atoms with Gasteiger partial charge in [0, 0.05) is 23.2 Å². The van der Waals surface area contributed by atoms with Crippen molar-refractivity contribution in [1.82, 2.24) is 5.43 Å². The molecule has 0 radical (unpaired) electrons. The first-order valence-electron chi connectivity index (χ1n) is 9.38. The SMILES string of the molecule is CCCCC(=O)Nc1ccc(C(=O)NN=Cc2cccc3ccccc23)cc1. The maximum Gasteiger partial charge on any atom is 0.271 e. The molecule has 3 aromatic carbocycles. The lowest BCUT2D eigenvalue weighted by molar-refractivity contribution is -0.116. The standard InChI is InChI=1S/C23H23N3O2/c1-2-3-11-22(27)25-20-14-12-18(13-15-20)23(28)26-24-16-19-9-6-8-17-7-4-5-10-21(17)19/h4-10,12-16H,2-3,11H2,1H3,(H,25,27)(H,26,28). The minimum Gasteiger partial charge on any atom is -0.326 e. The average Bonchev–Trinajstić information content (AvgIpc) is 2.73. The van der Waals surface area contributed by atoms with Crippen LogP contribution in [0.3, 0.4) is 0 Å². The number of amides is 2. The van der Waals surface area contributed by atoms with Crippen molar-refractivity contribution in [2.24, 2.45) is 5.10 Å². The molecule has 0 unspecified atom stereocenters. The predicted molar refractivity (Wildman–Crippen MR) is 114 cm³/mol. The molecule has 0 aliphatic carbocycles. The zero-order valence-corrected chi connectivity index (χ0v) is 15.8. The third-order valence-electron chi connectivity index (χ3n) is 4.38. The lowest BCUT2D eigenvalue weighted by Gasteiger charge is -2.06. The van der Waals surface area contributed by atoms with E-state index < -0.39 is 0 Å². The van der Waals surface area contributed by atoms with Gasteiger partial charge >= 0.3 is 0 Å². The van der Waals surface area contributed by atoms with Gasteiger partial charge in [-0.25, -0.2) is 5.43 Å². The maximum absolute atomic E-state index is 12.3. The highest BCUT2D eigenvalue weighted by molar-refractivity contribution is 6.01. The molecular formula is C23H23N3O2. The van der Waals surface area contributed by atoms with Gasteiger partial charge in [0.25, 0.3) is 5.91 Å². The Balaban J connectivity index is 1.60. The van der Waals surface area contributed by atoms with Crippen LogP contribution in [0.2, 0.25) is 0 Å². The van der Waals surface area contributed by atoms with Crippen molar-refractivity contribution in [1.29, 1.82) is 0 Å². The van der Waals surface area contributed by atoms with Gasteiger partial charge in [0.2, 0.25) is 5.91 Å². The summed E-state index contributed by atoms with van der Waals surface area (Å²) in [7, 11) is 0. The maximum atomic E-state index is 12.3. The van der Waals surface area contributed by atoms with E-state index in [1.165, 1.54) is 0 Å². The fourth-order valence-corrected chi connectivity index (χ4v) is 2.85. The second kappa shape index (κ2) is 9.46. The van der Waals surface area contributed by atoms with E-state index >= 15 is 0 Å². The molecule has 142 valence electrons. The molecule has 5 heteroatoms. The normalized spacial score (nSPS) is 10.9. The van der Waals surface area contributed by atoms with E-state index in [1.54, 1.807) is 30.5 Å². The molecule has 0 fully saturated rings. The highest BCUT2D eigenvalue weighted by Crippen LogP contribution is 2.16. The van der Waals surface area contributed by atoms with Crippen molar-refractivity contribution in [3.63, 3.8) is 0 Å². The summed E-state index contributed by atoms with van der Waals surface area (Å²) in [6, 6.07) is 20.7. The van der Waals surface area contributed by atoms with E-state index in [0.29, 0.717) is 17.7 Å². The smallest absolute Gasteiger partial charge is 0.271 e. The summed E-state index contributed by atoms with van der Waals surface area (Å²) < 4.78 is 0. The highest BCUT2D eigenvalue weighted by atomic mass is 16.2. The number of hydrogen-bond acceptors (Lipinski definition) is 3. The molecule has 0 spiro atoms. The molecule has 0 aromatic heterocycles. The summed E-state index contributed by atoms with van der Waals surface area (Å²) in [6.07, 6.45) is 3.98. The Morgan fingerprint density at radius 1 is 0.964 bits per heavy atom. The molecule has 0 saturated heterocycles. The molecular weight excluding hydrogens is 350 g/mol. The number of nitrogens with zero attached hydrogens (tertiary/aromatic N) is 1. The van der Waals surface area contributed by atoms with Crippen molar-refractivity contribution in [3.05, 3.63) is 77.9 Å². The van der Waals surface area contributed by atoms with Crippen molar-refractivity contribution in [3.8, 4) is 0 Å². The summed E-state index contributed by atoms with van der Waals surface area (Å²) in [6.45, 7) is 2.05. The Hall–Kier alpha value is -3.47. The number of unbranched alkanes of at least 4 members (excludes halogenated alkanes) is 1. The van der Waals surface area contributed by atoms with E-state index in [0.717, 1.165) is 29.2 Å². The zero-order chi connectivity index (χ0) is 19.8. The number of nitrogens with one attached hydrogen (secondary N) is 2. The molecule has 0 aliphatic heterocycles. The quantitative estimate of drug-likeness (QED) is 0.464. The van der Waals surface area contributed by atoms with Crippen LogP contribution < -0.4 is 10.7 Å². The Morgan fingerprint density at radius 3 is 2.50 bits per heavy atom. The topological polar surface area (TPSA) is 70.6 Å². The molecule has 3 aromatic rings. The Kier molecular flexibility index (Phi) is 6.52. The lowest BCUT2D eigenvalue weighted by atomic mass is 10.1. The van der Waals surface area contributed by atoms with Gasteiger partial charge in [-0.2, -0.15) is 5.10 Å². The molecule has 2 N–H and O–H groups in total. The third kappa shape index (κ3) is 5.04. The van der Waals surface area contributed by atoms with E-state index in [-0.39, 0.29) is 11.8 Å². The van der Waals surface area contributed by atoms with Crippen molar-refractivity contribution in [2.75, 3.05) is 5.32 Å². The van der Waals surface area contributed by atoms with E-state index in [9.17, 15) is 9.59 Å². The second-order valence-corrected chi connectivity index (χ2v) is 6.50. The lowest BCUT2D eigenvalue weighted by Crippen LogP contribution is -2.17. The van der Waals surface area contributed by atoms with Crippen LogP contribution in [0.25, 0.3) is 10.8 Å². The first kappa shape index (κ1) is 19.3. The van der Waals surface area contributed by atoms with E-state index in [4.69, 9.17) is 0 Å². The summed E-state index contributed by atoms with van der Waals surface area (Å²) in [5, 5.41) is 9.10. The number of benzene rings is 3. The molecule has 28 heavy (non-hydrogen) atoms. The molecule has 0 aliphatic rings. The fourth-order valence-electron chi connectivity index (χ4n) is 2.85. The van der Waals surface area contributed by atoms with Gasteiger partial charge in [0.15, 0.2) is 0 Å². The van der Waals surface area contributed by atoms with Crippen molar-refractivity contribution in [2.45, 2.75) is 26.2 Å². The fraction of sp³-hybridized carbons (Fsp3) is 0.174. The van der Waals surface area contributed by atoms with Crippen LogP contribution in [0.15, 0.2) is 71.8 Å². The molecule has 0 atom stereocenters. The minimum atomic E-state index is -0.305. The van der Waals surface area contributed by atoms with Gasteiger partial charge < -0.3 is 5.32 Å². The number of anilines is 1. The summed E-state index contributed by atoms with van der Waals surface area (Å²) in [5.41, 5.74) is 4.63. The van der Waals surface area contributed by atoms with Crippen LogP contribution >= 0.6 is 0 Å². The molecule has 2 amide bonds. The Bertz CT molecular complexity index is 989. The number of rotatable bonds is 7. The minimum absolute atomic E-state index is 0.0151. The van der Waals surface area contributed by atoms with Gasteiger partial charge in [0.05, 0.1) is 6.21 Å². The van der Waals surface area contributed by atoms with Crippen molar-refractivity contribution >= 4 is 34.5 Å². The summed E-state index contributed by atoms with van der Waals surface area (Å²) in [4.78, 5) is 24.0. The largest absolute Gasteiger partial charge is 0.326 e.